The first-order chi connectivity index (χ1) is 10.2. The molecule has 21 heavy (non-hydrogen) atoms. The topological polar surface area (TPSA) is 52.6 Å². The van der Waals surface area contributed by atoms with E-state index >= 15 is 0 Å². The van der Waals surface area contributed by atoms with Crippen LogP contribution in [0.4, 0.5) is 0 Å². The maximum Gasteiger partial charge on any atom is 0.189 e. The Morgan fingerprint density at radius 3 is 2.38 bits per heavy atom. The molecule has 0 atom stereocenters. The number of ketones is 2. The Morgan fingerprint density at radius 2 is 1.71 bits per heavy atom. The molecule has 0 heterocycles. The van der Waals surface area contributed by atoms with E-state index in [1.807, 2.05) is 24.3 Å². The number of carbonyl (C=O) groups is 2. The predicted octanol–water partition coefficient (Wildman–Crippen LogP) is 3.03. The van der Waals surface area contributed by atoms with Gasteiger partial charge >= 0.3 is 0 Å². The molecule has 110 valence electrons. The van der Waals surface area contributed by atoms with Gasteiger partial charge in [0.25, 0.3) is 0 Å². The molecule has 0 amide bonds. The van der Waals surface area contributed by atoms with Crippen LogP contribution in [0.3, 0.4) is 0 Å². The molecule has 2 aromatic rings. The molecule has 0 aliphatic carbocycles. The number of Topliss-reactive ketones (excluding diaryl/α,β-unsaturated/α-hetero) is 2. The van der Waals surface area contributed by atoms with Crippen molar-refractivity contribution in [2.75, 3.05) is 20.3 Å². The highest BCUT2D eigenvalue weighted by molar-refractivity contribution is 6.10. The fourth-order valence-electron chi connectivity index (χ4n) is 2.11. The Kier molecular flexibility index (Phi) is 5.06. The van der Waals surface area contributed by atoms with Gasteiger partial charge < -0.3 is 9.47 Å². The fraction of sp³-hybridized carbons (Fsp3) is 0.294. The first-order valence-electron chi connectivity index (χ1n) is 6.85. The molecular weight excluding hydrogens is 268 g/mol. The molecular formula is C17H18O4. The summed E-state index contributed by atoms with van der Waals surface area (Å²) < 4.78 is 10.5. The third kappa shape index (κ3) is 3.47. The van der Waals surface area contributed by atoms with Crippen LogP contribution in [-0.4, -0.2) is 31.9 Å². The first-order valence-corrected chi connectivity index (χ1v) is 6.85. The van der Waals surface area contributed by atoms with E-state index in [1.165, 1.54) is 7.11 Å². The van der Waals surface area contributed by atoms with Crippen molar-refractivity contribution in [3.63, 3.8) is 0 Å². The summed E-state index contributed by atoms with van der Waals surface area (Å²) in [5, 5.41) is 1.63. The highest BCUT2D eigenvalue weighted by atomic mass is 16.5. The molecule has 0 aliphatic rings. The summed E-state index contributed by atoms with van der Waals surface area (Å²) in [7, 11) is 1.49. The normalized spacial score (nSPS) is 10.6. The zero-order valence-electron chi connectivity index (χ0n) is 12.2. The molecule has 0 unspecified atom stereocenters. The molecule has 4 heteroatoms. The minimum atomic E-state index is -0.0788. The van der Waals surface area contributed by atoms with Gasteiger partial charge in [0.15, 0.2) is 11.6 Å². The van der Waals surface area contributed by atoms with Gasteiger partial charge in [-0.2, -0.15) is 0 Å². The second-order valence-electron chi connectivity index (χ2n) is 4.69. The largest absolute Gasteiger partial charge is 0.485 e. The summed E-state index contributed by atoms with van der Waals surface area (Å²) in [5.41, 5.74) is 0.599. The second-order valence-corrected chi connectivity index (χ2v) is 4.69. The summed E-state index contributed by atoms with van der Waals surface area (Å²) in [6.45, 7) is 1.89. The summed E-state index contributed by atoms with van der Waals surface area (Å²) >= 11 is 0. The number of methoxy groups -OCH3 is 1. The Balaban J connectivity index is 2.39. The van der Waals surface area contributed by atoms with Crippen molar-refractivity contribution in [2.45, 2.75) is 13.3 Å². The quantitative estimate of drug-likeness (QED) is 0.734. The van der Waals surface area contributed by atoms with Gasteiger partial charge in [0.05, 0.1) is 0 Å². The monoisotopic (exact) mass is 286 g/mol. The van der Waals surface area contributed by atoms with Crippen LogP contribution in [0.15, 0.2) is 36.4 Å². The van der Waals surface area contributed by atoms with Crippen LogP contribution in [0, 0.1) is 0 Å². The molecule has 0 N–H and O–H groups in total. The molecule has 0 saturated carbocycles. The summed E-state index contributed by atoms with van der Waals surface area (Å²) in [6, 6.07) is 10.9. The van der Waals surface area contributed by atoms with Crippen LogP contribution in [-0.2, 0) is 9.53 Å². The number of fused-ring (bicyclic) bond motifs is 1. The molecule has 0 fully saturated rings. The zero-order chi connectivity index (χ0) is 15.2. The number of ether oxygens (including phenoxy) is 2. The lowest BCUT2D eigenvalue weighted by molar-refractivity contribution is -0.120. The van der Waals surface area contributed by atoms with Gasteiger partial charge in [-0.25, -0.2) is 0 Å². The molecule has 4 nitrogen and oxygen atoms in total. The highest BCUT2D eigenvalue weighted by Gasteiger charge is 2.13. The van der Waals surface area contributed by atoms with Crippen molar-refractivity contribution in [1.29, 1.82) is 0 Å². The minimum Gasteiger partial charge on any atom is -0.485 e. The molecule has 2 rings (SSSR count). The van der Waals surface area contributed by atoms with Crippen molar-refractivity contribution in [2.24, 2.45) is 0 Å². The predicted molar refractivity (Wildman–Crippen MR) is 80.9 cm³/mol. The van der Waals surface area contributed by atoms with Gasteiger partial charge in [0.1, 0.15) is 19.0 Å². The molecule has 0 saturated heterocycles. The lowest BCUT2D eigenvalue weighted by Gasteiger charge is -2.11. The average molecular weight is 286 g/mol. The van der Waals surface area contributed by atoms with E-state index in [0.717, 1.165) is 10.8 Å². The maximum atomic E-state index is 12.1. The molecule has 2 aromatic carbocycles. The van der Waals surface area contributed by atoms with Gasteiger partial charge in [-0.1, -0.05) is 31.2 Å². The van der Waals surface area contributed by atoms with E-state index in [9.17, 15) is 9.59 Å². The first kappa shape index (κ1) is 15.2. The van der Waals surface area contributed by atoms with Crippen LogP contribution < -0.4 is 4.74 Å². The van der Waals surface area contributed by atoms with E-state index in [4.69, 9.17) is 9.47 Å². The summed E-state index contributed by atoms with van der Waals surface area (Å²) in [6.07, 6.45) is 0.447. The van der Waals surface area contributed by atoms with E-state index in [2.05, 4.69) is 0 Å². The van der Waals surface area contributed by atoms with Gasteiger partial charge in [-0.3, -0.25) is 9.59 Å². The Morgan fingerprint density at radius 1 is 1.00 bits per heavy atom. The van der Waals surface area contributed by atoms with Crippen LogP contribution in [0.2, 0.25) is 0 Å². The molecule has 0 aromatic heterocycles. The SMILES string of the molecule is CCC(=O)COc1ccc(C(=O)COC)c2ccccc12. The zero-order valence-corrected chi connectivity index (χ0v) is 12.2. The van der Waals surface area contributed by atoms with Crippen molar-refractivity contribution in [3.05, 3.63) is 42.0 Å². The smallest absolute Gasteiger partial charge is 0.189 e. The van der Waals surface area contributed by atoms with Crippen molar-refractivity contribution in [1.82, 2.24) is 0 Å². The van der Waals surface area contributed by atoms with E-state index in [1.54, 1.807) is 19.1 Å². The fourth-order valence-corrected chi connectivity index (χ4v) is 2.11. The molecule has 0 bridgehead atoms. The lowest BCUT2D eigenvalue weighted by atomic mass is 10.0. The Labute approximate surface area is 123 Å². The Hall–Kier alpha value is -2.20. The number of hydrogen-bond acceptors (Lipinski definition) is 4. The average Bonchev–Trinajstić information content (AvgIpc) is 2.52. The van der Waals surface area contributed by atoms with E-state index in [-0.39, 0.29) is 24.8 Å². The number of carbonyl (C=O) groups excluding carboxylic acids is 2. The lowest BCUT2D eigenvalue weighted by Crippen LogP contribution is -2.11. The van der Waals surface area contributed by atoms with E-state index in [0.29, 0.717) is 17.7 Å². The van der Waals surface area contributed by atoms with Crippen LogP contribution in [0.5, 0.6) is 5.75 Å². The van der Waals surface area contributed by atoms with Crippen LogP contribution in [0.1, 0.15) is 23.7 Å². The highest BCUT2D eigenvalue weighted by Crippen LogP contribution is 2.29. The summed E-state index contributed by atoms with van der Waals surface area (Å²) in [5.74, 6) is 0.574. The molecule has 0 radical (unpaired) electrons. The van der Waals surface area contributed by atoms with E-state index < -0.39 is 0 Å². The van der Waals surface area contributed by atoms with Gasteiger partial charge in [-0.15, -0.1) is 0 Å². The van der Waals surface area contributed by atoms with Gasteiger partial charge in [0.2, 0.25) is 0 Å². The molecule has 0 aliphatic heterocycles. The standard InChI is InChI=1S/C17H18O4/c1-3-12(18)10-21-17-9-8-14(16(19)11-20-2)13-6-4-5-7-15(13)17/h4-9H,3,10-11H2,1-2H3. The van der Waals surface area contributed by atoms with Crippen LogP contribution >= 0.6 is 0 Å². The van der Waals surface area contributed by atoms with Crippen molar-refractivity contribution >= 4 is 22.3 Å². The molecule has 0 spiro atoms. The second kappa shape index (κ2) is 6.99. The Bertz CT molecular complexity index is 661. The number of hydrogen-bond donors (Lipinski definition) is 0. The maximum absolute atomic E-state index is 12.1. The third-order valence-corrected chi connectivity index (χ3v) is 3.24. The third-order valence-electron chi connectivity index (χ3n) is 3.24. The number of rotatable bonds is 7. The number of benzene rings is 2. The van der Waals surface area contributed by atoms with Gasteiger partial charge in [0, 0.05) is 24.5 Å². The summed E-state index contributed by atoms with van der Waals surface area (Å²) in [4.78, 5) is 23.4. The van der Waals surface area contributed by atoms with Crippen molar-refractivity contribution < 1.29 is 19.1 Å². The van der Waals surface area contributed by atoms with Crippen LogP contribution in [0.25, 0.3) is 10.8 Å². The minimum absolute atomic E-state index is 0.0402. The van der Waals surface area contributed by atoms with Crippen molar-refractivity contribution in [3.8, 4) is 5.75 Å². The van der Waals surface area contributed by atoms with Gasteiger partial charge in [-0.05, 0) is 17.5 Å².